The predicted octanol–water partition coefficient (Wildman–Crippen LogP) is 2.91. The number of aromatic nitrogens is 2. The van der Waals surface area contributed by atoms with Crippen molar-refractivity contribution in [2.24, 2.45) is 5.92 Å². The van der Waals surface area contributed by atoms with Crippen molar-refractivity contribution in [1.82, 2.24) is 9.78 Å². The standard InChI is InChI=1S/C14H14BrN5/c15-10-3-5-11(6-4-10)20-13(17)12(7-16)14(19-20)18-8-9-1-2-9/h3-6,9H,1-2,8,17H2,(H,18,19). The van der Waals surface area contributed by atoms with Gasteiger partial charge in [-0.3, -0.25) is 0 Å². The van der Waals surface area contributed by atoms with Crippen LogP contribution in [0.15, 0.2) is 28.7 Å². The number of nitrogens with zero attached hydrogens (tertiary/aromatic N) is 3. The van der Waals surface area contributed by atoms with Crippen LogP contribution >= 0.6 is 15.9 Å². The third-order valence-electron chi connectivity index (χ3n) is 3.36. The van der Waals surface area contributed by atoms with E-state index in [0.29, 0.717) is 23.1 Å². The van der Waals surface area contributed by atoms with E-state index in [4.69, 9.17) is 5.73 Å². The molecule has 0 amide bonds. The molecule has 2 aromatic rings. The van der Waals surface area contributed by atoms with Gasteiger partial charge in [0.05, 0.1) is 5.69 Å². The zero-order valence-corrected chi connectivity index (χ0v) is 12.4. The van der Waals surface area contributed by atoms with Gasteiger partial charge in [-0.25, -0.2) is 4.68 Å². The van der Waals surface area contributed by atoms with Crippen LogP contribution < -0.4 is 11.1 Å². The van der Waals surface area contributed by atoms with E-state index in [9.17, 15) is 5.26 Å². The minimum absolute atomic E-state index is 0.369. The maximum atomic E-state index is 9.25. The maximum absolute atomic E-state index is 9.25. The quantitative estimate of drug-likeness (QED) is 0.902. The van der Waals surface area contributed by atoms with Crippen molar-refractivity contribution in [3.05, 3.63) is 34.3 Å². The molecule has 0 saturated heterocycles. The highest BCUT2D eigenvalue weighted by Crippen LogP contribution is 2.30. The summed E-state index contributed by atoms with van der Waals surface area (Å²) in [6.45, 7) is 0.853. The Morgan fingerprint density at radius 3 is 2.70 bits per heavy atom. The lowest BCUT2D eigenvalue weighted by Crippen LogP contribution is -2.05. The smallest absolute Gasteiger partial charge is 0.168 e. The van der Waals surface area contributed by atoms with E-state index in [-0.39, 0.29) is 0 Å². The summed E-state index contributed by atoms with van der Waals surface area (Å²) in [4.78, 5) is 0. The Bertz CT molecular complexity index is 664. The van der Waals surface area contributed by atoms with Gasteiger partial charge < -0.3 is 11.1 Å². The highest BCUT2D eigenvalue weighted by Gasteiger charge is 2.23. The van der Waals surface area contributed by atoms with Crippen LogP contribution in [0.4, 0.5) is 11.6 Å². The second-order valence-corrected chi connectivity index (χ2v) is 5.85. The van der Waals surface area contributed by atoms with Gasteiger partial charge in [-0.1, -0.05) is 15.9 Å². The summed E-state index contributed by atoms with van der Waals surface area (Å²) in [5.74, 6) is 1.65. The van der Waals surface area contributed by atoms with Gasteiger partial charge in [-0.15, -0.1) is 5.10 Å². The zero-order chi connectivity index (χ0) is 14.1. The van der Waals surface area contributed by atoms with Crippen molar-refractivity contribution in [3.8, 4) is 11.8 Å². The largest absolute Gasteiger partial charge is 0.382 e. The average molecular weight is 332 g/mol. The fraction of sp³-hybridized carbons (Fsp3) is 0.286. The molecule has 0 spiro atoms. The molecule has 1 saturated carbocycles. The fourth-order valence-corrected chi connectivity index (χ4v) is 2.27. The monoisotopic (exact) mass is 331 g/mol. The van der Waals surface area contributed by atoms with E-state index in [2.05, 4.69) is 32.4 Å². The van der Waals surface area contributed by atoms with Gasteiger partial charge >= 0.3 is 0 Å². The second kappa shape index (κ2) is 5.17. The van der Waals surface area contributed by atoms with Crippen molar-refractivity contribution >= 4 is 27.6 Å². The molecule has 1 fully saturated rings. The number of nitriles is 1. The molecule has 3 N–H and O–H groups in total. The summed E-state index contributed by atoms with van der Waals surface area (Å²) in [6, 6.07) is 9.77. The molecule has 102 valence electrons. The predicted molar refractivity (Wildman–Crippen MR) is 81.6 cm³/mol. The van der Waals surface area contributed by atoms with Crippen LogP contribution in [0.5, 0.6) is 0 Å². The Hall–Kier alpha value is -2.00. The molecule has 20 heavy (non-hydrogen) atoms. The van der Waals surface area contributed by atoms with Crippen molar-refractivity contribution < 1.29 is 0 Å². The zero-order valence-electron chi connectivity index (χ0n) is 10.8. The Kier molecular flexibility index (Phi) is 3.36. The summed E-state index contributed by atoms with van der Waals surface area (Å²) in [5, 5.41) is 16.9. The third kappa shape index (κ3) is 2.49. The molecule has 1 aliphatic rings. The van der Waals surface area contributed by atoms with Crippen LogP contribution in [0.1, 0.15) is 18.4 Å². The number of hydrogen-bond acceptors (Lipinski definition) is 4. The highest BCUT2D eigenvalue weighted by atomic mass is 79.9. The number of halogens is 1. The van der Waals surface area contributed by atoms with Crippen molar-refractivity contribution in [3.63, 3.8) is 0 Å². The molecule has 1 aromatic carbocycles. The summed E-state index contributed by atoms with van der Waals surface area (Å²) in [7, 11) is 0. The summed E-state index contributed by atoms with van der Waals surface area (Å²) < 4.78 is 2.58. The minimum Gasteiger partial charge on any atom is -0.382 e. The van der Waals surface area contributed by atoms with Gasteiger partial charge in [0.15, 0.2) is 5.82 Å². The van der Waals surface area contributed by atoms with Crippen LogP contribution in [0.3, 0.4) is 0 Å². The molecule has 0 aliphatic heterocycles. The Morgan fingerprint density at radius 1 is 1.40 bits per heavy atom. The minimum atomic E-state index is 0.369. The topological polar surface area (TPSA) is 79.7 Å². The van der Waals surface area contributed by atoms with Gasteiger partial charge in [-0.05, 0) is 43.0 Å². The first-order valence-corrected chi connectivity index (χ1v) is 7.26. The molecule has 1 aromatic heterocycles. The van der Waals surface area contributed by atoms with Crippen molar-refractivity contribution in [2.75, 3.05) is 17.6 Å². The van der Waals surface area contributed by atoms with E-state index in [0.717, 1.165) is 16.7 Å². The van der Waals surface area contributed by atoms with Gasteiger partial charge in [-0.2, -0.15) is 5.26 Å². The van der Waals surface area contributed by atoms with Crippen LogP contribution in [-0.4, -0.2) is 16.3 Å². The molecular weight excluding hydrogens is 318 g/mol. The number of rotatable bonds is 4. The normalized spacial score (nSPS) is 14.0. The lowest BCUT2D eigenvalue weighted by molar-refractivity contribution is 0.854. The summed E-state index contributed by atoms with van der Waals surface area (Å²) in [6.07, 6.45) is 2.50. The Morgan fingerprint density at radius 2 is 2.10 bits per heavy atom. The van der Waals surface area contributed by atoms with Gasteiger partial charge in [0.25, 0.3) is 0 Å². The fourth-order valence-electron chi connectivity index (χ4n) is 2.01. The number of hydrogen-bond donors (Lipinski definition) is 2. The van der Waals surface area contributed by atoms with Crippen LogP contribution in [0, 0.1) is 17.2 Å². The molecular formula is C14H14BrN5. The lowest BCUT2D eigenvalue weighted by atomic mass is 10.3. The van der Waals surface area contributed by atoms with E-state index in [1.54, 1.807) is 4.68 Å². The van der Waals surface area contributed by atoms with Crippen molar-refractivity contribution in [1.29, 1.82) is 5.26 Å². The lowest BCUT2D eigenvalue weighted by Gasteiger charge is -2.03. The number of nitrogens with two attached hydrogens (primary N) is 1. The molecule has 3 rings (SSSR count). The SMILES string of the molecule is N#Cc1c(NCC2CC2)nn(-c2ccc(Br)cc2)c1N. The molecule has 0 atom stereocenters. The molecule has 1 heterocycles. The molecule has 0 radical (unpaired) electrons. The third-order valence-corrected chi connectivity index (χ3v) is 3.89. The molecule has 1 aliphatic carbocycles. The van der Waals surface area contributed by atoms with E-state index in [1.807, 2.05) is 24.3 Å². The first-order valence-electron chi connectivity index (χ1n) is 6.47. The van der Waals surface area contributed by atoms with E-state index < -0.39 is 0 Å². The van der Waals surface area contributed by atoms with E-state index >= 15 is 0 Å². The first-order chi connectivity index (χ1) is 9.69. The van der Waals surface area contributed by atoms with Gasteiger partial charge in [0.2, 0.25) is 0 Å². The molecule has 0 unspecified atom stereocenters. The summed E-state index contributed by atoms with van der Waals surface area (Å²) >= 11 is 3.39. The Labute approximate surface area is 125 Å². The molecule has 0 bridgehead atoms. The highest BCUT2D eigenvalue weighted by molar-refractivity contribution is 9.10. The number of nitrogen functional groups attached to an aromatic ring is 1. The molecule has 6 heteroatoms. The number of anilines is 2. The second-order valence-electron chi connectivity index (χ2n) is 4.93. The van der Waals surface area contributed by atoms with Gasteiger partial charge in [0.1, 0.15) is 17.5 Å². The summed E-state index contributed by atoms with van der Waals surface area (Å²) in [5.41, 5.74) is 7.28. The van der Waals surface area contributed by atoms with E-state index in [1.165, 1.54) is 12.8 Å². The van der Waals surface area contributed by atoms with Crippen LogP contribution in [0.2, 0.25) is 0 Å². The number of nitrogens with one attached hydrogen (secondary N) is 1. The van der Waals surface area contributed by atoms with Gasteiger partial charge in [0, 0.05) is 11.0 Å². The molecule has 5 nitrogen and oxygen atoms in total. The first kappa shape index (κ1) is 13.0. The van der Waals surface area contributed by atoms with Crippen molar-refractivity contribution in [2.45, 2.75) is 12.8 Å². The van der Waals surface area contributed by atoms with Crippen LogP contribution in [-0.2, 0) is 0 Å². The Balaban J connectivity index is 1.94. The van der Waals surface area contributed by atoms with Crippen LogP contribution in [0.25, 0.3) is 5.69 Å². The average Bonchev–Trinajstić information content (AvgIpc) is 3.22. The number of benzene rings is 1. The maximum Gasteiger partial charge on any atom is 0.168 e.